The van der Waals surface area contributed by atoms with Gasteiger partial charge in [0.2, 0.25) is 0 Å². The van der Waals surface area contributed by atoms with E-state index < -0.39 is 9.84 Å². The van der Waals surface area contributed by atoms with Crippen LogP contribution in [-0.4, -0.2) is 34.7 Å². The fourth-order valence-electron chi connectivity index (χ4n) is 2.71. The predicted molar refractivity (Wildman–Crippen MR) is 67.1 cm³/mol. The molecule has 4 nitrogen and oxygen atoms in total. The molecule has 4 rings (SSSR count). The number of rotatable bonds is 0. The van der Waals surface area contributed by atoms with Gasteiger partial charge in [0.15, 0.2) is 15.0 Å². The lowest BCUT2D eigenvalue weighted by Crippen LogP contribution is -2.12. The second-order valence-corrected chi connectivity index (χ2v) is 7.91. The highest BCUT2D eigenvalue weighted by atomic mass is 32.2. The van der Waals surface area contributed by atoms with Crippen LogP contribution >= 0.6 is 11.8 Å². The van der Waals surface area contributed by atoms with Gasteiger partial charge >= 0.3 is 0 Å². The van der Waals surface area contributed by atoms with E-state index in [1.165, 1.54) is 0 Å². The zero-order chi connectivity index (χ0) is 11.6. The predicted octanol–water partition coefficient (Wildman–Crippen LogP) is 1.48. The van der Waals surface area contributed by atoms with Gasteiger partial charge in [-0.25, -0.2) is 13.4 Å². The lowest BCUT2D eigenvalue weighted by molar-refractivity contribution is 0.564. The number of sulfone groups is 1. The normalized spacial score (nSPS) is 29.4. The van der Waals surface area contributed by atoms with Crippen molar-refractivity contribution < 1.29 is 8.42 Å². The van der Waals surface area contributed by atoms with Gasteiger partial charge in [-0.2, -0.15) is 0 Å². The van der Waals surface area contributed by atoms with Gasteiger partial charge in [0.25, 0.3) is 0 Å². The van der Waals surface area contributed by atoms with Crippen molar-refractivity contribution >= 4 is 32.6 Å². The third-order valence-electron chi connectivity index (χ3n) is 3.42. The lowest BCUT2D eigenvalue weighted by Gasteiger charge is -2.09. The van der Waals surface area contributed by atoms with Crippen LogP contribution in [-0.2, 0) is 9.84 Å². The van der Waals surface area contributed by atoms with Crippen LogP contribution in [0, 0.1) is 0 Å². The molecule has 0 aliphatic carbocycles. The van der Waals surface area contributed by atoms with E-state index in [4.69, 9.17) is 0 Å². The van der Waals surface area contributed by atoms with Gasteiger partial charge in [0, 0.05) is 5.25 Å². The van der Waals surface area contributed by atoms with Gasteiger partial charge < -0.3 is 4.57 Å². The molecule has 1 saturated heterocycles. The highest BCUT2D eigenvalue weighted by Gasteiger charge is 2.45. The maximum Gasteiger partial charge on any atom is 0.169 e. The summed E-state index contributed by atoms with van der Waals surface area (Å²) in [7, 11) is -2.86. The monoisotopic (exact) mass is 266 g/mol. The van der Waals surface area contributed by atoms with E-state index in [9.17, 15) is 8.42 Å². The van der Waals surface area contributed by atoms with Crippen molar-refractivity contribution in [2.24, 2.45) is 0 Å². The summed E-state index contributed by atoms with van der Waals surface area (Å²) in [4.78, 5) is 4.55. The maximum atomic E-state index is 11.7. The highest BCUT2D eigenvalue weighted by Crippen LogP contribution is 2.46. The number of thioether (sulfide) groups is 1. The molecular formula is C11H10N2O2S2. The zero-order valence-electron chi connectivity index (χ0n) is 8.91. The van der Waals surface area contributed by atoms with Crippen molar-refractivity contribution in [1.82, 2.24) is 9.55 Å². The molecule has 0 radical (unpaired) electrons. The molecule has 1 aromatic carbocycles. The molecule has 88 valence electrons. The number of fused-ring (bicyclic) bond motifs is 5. The Morgan fingerprint density at radius 3 is 3.00 bits per heavy atom. The second-order valence-electron chi connectivity index (χ2n) is 4.55. The summed E-state index contributed by atoms with van der Waals surface area (Å²) in [6, 6.07) is 7.99. The molecular weight excluding hydrogens is 256 g/mol. The summed E-state index contributed by atoms with van der Waals surface area (Å²) < 4.78 is 25.4. The average Bonchev–Trinajstić information content (AvgIpc) is 2.83. The van der Waals surface area contributed by atoms with Crippen LogP contribution in [0.1, 0.15) is 6.04 Å². The third-order valence-corrected chi connectivity index (χ3v) is 6.63. The van der Waals surface area contributed by atoms with Crippen LogP contribution in [0.15, 0.2) is 29.4 Å². The zero-order valence-corrected chi connectivity index (χ0v) is 10.5. The molecule has 0 spiro atoms. The van der Waals surface area contributed by atoms with E-state index in [0.29, 0.717) is 5.75 Å². The maximum absolute atomic E-state index is 11.7. The molecule has 0 N–H and O–H groups in total. The van der Waals surface area contributed by atoms with E-state index in [0.717, 1.165) is 16.2 Å². The van der Waals surface area contributed by atoms with Crippen molar-refractivity contribution in [2.75, 3.05) is 11.5 Å². The Hall–Kier alpha value is -1.01. The van der Waals surface area contributed by atoms with Gasteiger partial charge in [-0.05, 0) is 12.1 Å². The van der Waals surface area contributed by atoms with Crippen LogP contribution in [0.4, 0.5) is 0 Å². The van der Waals surface area contributed by atoms with Gasteiger partial charge in [-0.3, -0.25) is 0 Å². The Bertz CT molecular complexity index is 720. The minimum atomic E-state index is -2.86. The lowest BCUT2D eigenvalue weighted by atomic mass is 10.2. The van der Waals surface area contributed by atoms with E-state index in [2.05, 4.69) is 9.55 Å². The fraction of sp³-hybridized carbons (Fsp3) is 0.364. The van der Waals surface area contributed by atoms with Crippen LogP contribution in [0.5, 0.6) is 0 Å². The molecule has 17 heavy (non-hydrogen) atoms. The highest BCUT2D eigenvalue weighted by molar-refractivity contribution is 8.02. The molecule has 0 bridgehead atoms. The smallest absolute Gasteiger partial charge is 0.169 e. The molecule has 6 heteroatoms. The third kappa shape index (κ3) is 1.31. The van der Waals surface area contributed by atoms with Crippen LogP contribution in [0.3, 0.4) is 0 Å². The molecule has 2 aliphatic heterocycles. The van der Waals surface area contributed by atoms with E-state index in [-0.39, 0.29) is 17.0 Å². The second kappa shape index (κ2) is 3.05. The summed E-state index contributed by atoms with van der Waals surface area (Å²) in [6.07, 6.45) is 0. The van der Waals surface area contributed by atoms with Gasteiger partial charge in [-0.1, -0.05) is 23.9 Å². The SMILES string of the molecule is O=S1(=O)C[C@@H]2Sc3nc4ccccc4n3[C@@H]2C1. The minimum Gasteiger partial charge on any atom is -0.314 e. The first kappa shape index (κ1) is 9.96. The Balaban J connectivity index is 1.96. The number of benzene rings is 1. The molecule has 1 aromatic heterocycles. The molecule has 0 unspecified atom stereocenters. The molecule has 3 heterocycles. The standard InChI is InChI=1S/C11H10N2O2S2/c14-17(15)5-9-10(6-17)16-11-12-7-3-1-2-4-8(7)13(9)11/h1-4,9-10H,5-6H2/t9-,10+/m1/s1. The summed E-state index contributed by atoms with van der Waals surface area (Å²) in [5.41, 5.74) is 2.01. The van der Waals surface area contributed by atoms with Crippen molar-refractivity contribution in [1.29, 1.82) is 0 Å². The Morgan fingerprint density at radius 2 is 2.12 bits per heavy atom. The van der Waals surface area contributed by atoms with Crippen LogP contribution in [0.25, 0.3) is 11.0 Å². The van der Waals surface area contributed by atoms with Gasteiger partial charge in [-0.15, -0.1) is 0 Å². The Kier molecular flexibility index (Phi) is 1.79. The number of imidazole rings is 1. The number of para-hydroxylation sites is 2. The molecule has 0 saturated carbocycles. The van der Waals surface area contributed by atoms with Crippen molar-refractivity contribution in [3.8, 4) is 0 Å². The first-order valence-electron chi connectivity index (χ1n) is 5.48. The number of hydrogen-bond donors (Lipinski definition) is 0. The number of nitrogens with zero attached hydrogens (tertiary/aromatic N) is 2. The van der Waals surface area contributed by atoms with Gasteiger partial charge in [0.05, 0.1) is 28.6 Å². The first-order valence-corrected chi connectivity index (χ1v) is 8.18. The van der Waals surface area contributed by atoms with Crippen molar-refractivity contribution in [2.45, 2.75) is 16.4 Å². The van der Waals surface area contributed by atoms with Crippen LogP contribution in [0.2, 0.25) is 0 Å². The first-order chi connectivity index (χ1) is 8.14. The largest absolute Gasteiger partial charge is 0.314 e. The molecule has 2 atom stereocenters. The summed E-state index contributed by atoms with van der Waals surface area (Å²) in [6.45, 7) is 0. The number of hydrogen-bond acceptors (Lipinski definition) is 4. The van der Waals surface area contributed by atoms with Crippen molar-refractivity contribution in [3.63, 3.8) is 0 Å². The quantitative estimate of drug-likeness (QED) is 0.725. The Morgan fingerprint density at radius 1 is 1.29 bits per heavy atom. The molecule has 2 aromatic rings. The molecule has 1 fully saturated rings. The van der Waals surface area contributed by atoms with E-state index in [1.54, 1.807) is 11.8 Å². The molecule has 2 aliphatic rings. The van der Waals surface area contributed by atoms with Crippen molar-refractivity contribution in [3.05, 3.63) is 24.3 Å². The summed E-state index contributed by atoms with van der Waals surface area (Å²) >= 11 is 1.61. The molecule has 0 amide bonds. The van der Waals surface area contributed by atoms with Gasteiger partial charge in [0.1, 0.15) is 0 Å². The number of aromatic nitrogens is 2. The fourth-order valence-corrected chi connectivity index (χ4v) is 6.63. The summed E-state index contributed by atoms with van der Waals surface area (Å²) in [5, 5.41) is 1.13. The van der Waals surface area contributed by atoms with Crippen LogP contribution < -0.4 is 0 Å². The summed E-state index contributed by atoms with van der Waals surface area (Å²) in [5.74, 6) is 0.554. The minimum absolute atomic E-state index is 0.0763. The Labute approximate surface area is 103 Å². The topological polar surface area (TPSA) is 52.0 Å². The average molecular weight is 266 g/mol. The van der Waals surface area contributed by atoms with E-state index >= 15 is 0 Å². The van der Waals surface area contributed by atoms with E-state index in [1.807, 2.05) is 24.3 Å².